The monoisotopic (exact) mass is 454 g/mol. The van der Waals surface area contributed by atoms with Crippen molar-refractivity contribution in [1.29, 1.82) is 0 Å². The number of carbonyl (C=O) groups is 2. The molecule has 0 aromatic carbocycles. The van der Waals surface area contributed by atoms with Crippen LogP contribution in [-0.2, 0) is 19.1 Å². The molecule has 0 radical (unpaired) electrons. The zero-order valence-electron chi connectivity index (χ0n) is 21.8. The molecule has 0 aromatic rings. The van der Waals surface area contributed by atoms with Gasteiger partial charge in [0.05, 0.1) is 13.2 Å². The Bertz CT molecular complexity index is 422. The number of rotatable bonds is 24. The Balaban J connectivity index is 3.38. The van der Waals surface area contributed by atoms with Gasteiger partial charge in [-0.2, -0.15) is 0 Å². The van der Waals surface area contributed by atoms with E-state index in [0.717, 1.165) is 44.9 Å². The lowest BCUT2D eigenvalue weighted by Gasteiger charge is -2.14. The van der Waals surface area contributed by atoms with E-state index in [1.54, 1.807) is 0 Å². The van der Waals surface area contributed by atoms with Crippen LogP contribution in [0, 0.1) is 5.92 Å². The van der Waals surface area contributed by atoms with Crippen molar-refractivity contribution in [3.05, 3.63) is 0 Å². The summed E-state index contributed by atoms with van der Waals surface area (Å²) >= 11 is 0. The molecule has 0 heterocycles. The van der Waals surface area contributed by atoms with E-state index in [0.29, 0.717) is 32.0 Å². The van der Waals surface area contributed by atoms with Crippen molar-refractivity contribution < 1.29 is 19.1 Å². The SMILES string of the molecule is CCCCOC(=O)CCCCCCCCCCCCCC(CC)CCC(=O)OCCCC. The molecule has 4 nitrogen and oxygen atoms in total. The summed E-state index contributed by atoms with van der Waals surface area (Å²) in [6.07, 6.45) is 22.7. The molecule has 0 N–H and O–H groups in total. The molecule has 0 rings (SSSR count). The third kappa shape index (κ3) is 22.1. The lowest BCUT2D eigenvalue weighted by Crippen LogP contribution is -2.09. The topological polar surface area (TPSA) is 52.6 Å². The van der Waals surface area contributed by atoms with Gasteiger partial charge in [0.15, 0.2) is 0 Å². The fourth-order valence-corrected chi connectivity index (χ4v) is 3.97. The molecular formula is C28H54O4. The van der Waals surface area contributed by atoms with E-state index in [1.165, 1.54) is 70.6 Å². The van der Waals surface area contributed by atoms with Crippen LogP contribution in [0.2, 0.25) is 0 Å². The number of hydrogen-bond donors (Lipinski definition) is 0. The standard InChI is InChI=1S/C28H54O4/c1-4-7-24-31-27(29)21-19-17-15-13-11-9-10-12-14-16-18-20-26(6-3)22-23-28(30)32-25-8-5-2/h26H,4-25H2,1-3H3. The van der Waals surface area contributed by atoms with E-state index in [1.807, 2.05) is 0 Å². The molecule has 0 saturated carbocycles. The van der Waals surface area contributed by atoms with Gasteiger partial charge >= 0.3 is 11.9 Å². The lowest BCUT2D eigenvalue weighted by atomic mass is 9.93. The highest BCUT2D eigenvalue weighted by Gasteiger charge is 2.10. The molecule has 0 aliphatic carbocycles. The molecule has 4 heteroatoms. The summed E-state index contributed by atoms with van der Waals surface area (Å²) in [5.74, 6) is 0.641. The van der Waals surface area contributed by atoms with Crippen LogP contribution in [-0.4, -0.2) is 25.2 Å². The van der Waals surface area contributed by atoms with E-state index in [9.17, 15) is 9.59 Å². The maximum Gasteiger partial charge on any atom is 0.305 e. The Morgan fingerprint density at radius 2 is 0.969 bits per heavy atom. The summed E-state index contributed by atoms with van der Waals surface area (Å²) in [5.41, 5.74) is 0. The highest BCUT2D eigenvalue weighted by Crippen LogP contribution is 2.20. The first-order valence-electron chi connectivity index (χ1n) is 13.9. The van der Waals surface area contributed by atoms with E-state index in [4.69, 9.17) is 9.47 Å². The predicted molar refractivity (Wildman–Crippen MR) is 135 cm³/mol. The number of unbranched alkanes of at least 4 members (excludes halogenated alkanes) is 12. The highest BCUT2D eigenvalue weighted by atomic mass is 16.5. The molecule has 190 valence electrons. The molecule has 0 bridgehead atoms. The molecular weight excluding hydrogens is 400 g/mol. The van der Waals surface area contributed by atoms with Gasteiger partial charge in [-0.05, 0) is 31.6 Å². The zero-order valence-corrected chi connectivity index (χ0v) is 21.8. The zero-order chi connectivity index (χ0) is 23.7. The fourth-order valence-electron chi connectivity index (χ4n) is 3.97. The molecule has 0 aliphatic rings. The van der Waals surface area contributed by atoms with Crippen LogP contribution in [0.4, 0.5) is 0 Å². The Morgan fingerprint density at radius 1 is 0.531 bits per heavy atom. The van der Waals surface area contributed by atoms with Gasteiger partial charge in [-0.25, -0.2) is 0 Å². The number of esters is 2. The molecule has 32 heavy (non-hydrogen) atoms. The summed E-state index contributed by atoms with van der Waals surface area (Å²) in [5, 5.41) is 0. The van der Waals surface area contributed by atoms with Crippen molar-refractivity contribution in [3.8, 4) is 0 Å². The average Bonchev–Trinajstić information content (AvgIpc) is 2.79. The van der Waals surface area contributed by atoms with Crippen molar-refractivity contribution in [2.45, 2.75) is 149 Å². The third-order valence-electron chi connectivity index (χ3n) is 6.35. The fraction of sp³-hybridized carbons (Fsp3) is 0.929. The maximum atomic E-state index is 11.7. The second-order valence-electron chi connectivity index (χ2n) is 9.39. The Labute approximate surface area is 199 Å². The molecule has 0 amide bonds. The smallest absolute Gasteiger partial charge is 0.305 e. The largest absolute Gasteiger partial charge is 0.466 e. The van der Waals surface area contributed by atoms with Gasteiger partial charge in [0, 0.05) is 12.8 Å². The second kappa shape index (κ2) is 24.6. The van der Waals surface area contributed by atoms with Gasteiger partial charge in [0.2, 0.25) is 0 Å². The Hall–Kier alpha value is -1.06. The molecule has 1 unspecified atom stereocenters. The van der Waals surface area contributed by atoms with Gasteiger partial charge < -0.3 is 9.47 Å². The van der Waals surface area contributed by atoms with Gasteiger partial charge in [-0.1, -0.05) is 111 Å². The number of carbonyl (C=O) groups excluding carboxylic acids is 2. The first kappa shape index (κ1) is 30.9. The quantitative estimate of drug-likeness (QED) is 0.108. The van der Waals surface area contributed by atoms with Crippen molar-refractivity contribution in [1.82, 2.24) is 0 Å². The Kier molecular flexibility index (Phi) is 23.8. The van der Waals surface area contributed by atoms with E-state index < -0.39 is 0 Å². The van der Waals surface area contributed by atoms with Crippen LogP contribution in [0.1, 0.15) is 149 Å². The predicted octanol–water partition coefficient (Wildman–Crippen LogP) is 8.55. The molecule has 1 atom stereocenters. The first-order chi connectivity index (χ1) is 15.6. The van der Waals surface area contributed by atoms with Crippen LogP contribution in [0.5, 0.6) is 0 Å². The van der Waals surface area contributed by atoms with Gasteiger partial charge in [0.25, 0.3) is 0 Å². The van der Waals surface area contributed by atoms with Crippen LogP contribution < -0.4 is 0 Å². The normalized spacial score (nSPS) is 12.0. The van der Waals surface area contributed by atoms with Gasteiger partial charge in [-0.3, -0.25) is 9.59 Å². The highest BCUT2D eigenvalue weighted by molar-refractivity contribution is 5.69. The average molecular weight is 455 g/mol. The first-order valence-corrected chi connectivity index (χ1v) is 13.9. The molecule has 0 aliphatic heterocycles. The number of ether oxygens (including phenoxy) is 2. The maximum absolute atomic E-state index is 11.7. The molecule has 0 saturated heterocycles. The minimum Gasteiger partial charge on any atom is -0.466 e. The molecule has 0 aromatic heterocycles. The minimum atomic E-state index is -0.0198. The van der Waals surface area contributed by atoms with Gasteiger partial charge in [0.1, 0.15) is 0 Å². The van der Waals surface area contributed by atoms with Crippen LogP contribution in [0.25, 0.3) is 0 Å². The van der Waals surface area contributed by atoms with Gasteiger partial charge in [-0.15, -0.1) is 0 Å². The van der Waals surface area contributed by atoms with Crippen molar-refractivity contribution in [2.24, 2.45) is 5.92 Å². The van der Waals surface area contributed by atoms with Crippen molar-refractivity contribution in [3.63, 3.8) is 0 Å². The van der Waals surface area contributed by atoms with E-state index in [-0.39, 0.29) is 11.9 Å². The summed E-state index contributed by atoms with van der Waals surface area (Å²) < 4.78 is 10.4. The third-order valence-corrected chi connectivity index (χ3v) is 6.35. The summed E-state index contributed by atoms with van der Waals surface area (Å²) in [6, 6.07) is 0. The lowest BCUT2D eigenvalue weighted by molar-refractivity contribution is -0.144. The number of hydrogen-bond acceptors (Lipinski definition) is 4. The van der Waals surface area contributed by atoms with E-state index in [2.05, 4.69) is 20.8 Å². The van der Waals surface area contributed by atoms with Crippen molar-refractivity contribution in [2.75, 3.05) is 13.2 Å². The minimum absolute atomic E-state index is 0.0122. The summed E-state index contributed by atoms with van der Waals surface area (Å²) in [6.45, 7) is 7.63. The Morgan fingerprint density at radius 3 is 1.44 bits per heavy atom. The van der Waals surface area contributed by atoms with E-state index >= 15 is 0 Å². The van der Waals surface area contributed by atoms with Crippen LogP contribution >= 0.6 is 0 Å². The second-order valence-corrected chi connectivity index (χ2v) is 9.39. The summed E-state index contributed by atoms with van der Waals surface area (Å²) in [7, 11) is 0. The summed E-state index contributed by atoms with van der Waals surface area (Å²) in [4.78, 5) is 23.3. The molecule has 0 spiro atoms. The molecule has 0 fully saturated rings. The van der Waals surface area contributed by atoms with Crippen LogP contribution in [0.3, 0.4) is 0 Å². The van der Waals surface area contributed by atoms with Crippen molar-refractivity contribution >= 4 is 11.9 Å². The van der Waals surface area contributed by atoms with Crippen LogP contribution in [0.15, 0.2) is 0 Å².